The van der Waals surface area contributed by atoms with Gasteiger partial charge in [-0.25, -0.2) is 0 Å². The molecule has 0 bridgehead atoms. The van der Waals surface area contributed by atoms with Crippen LogP contribution in [0.3, 0.4) is 0 Å². The summed E-state index contributed by atoms with van der Waals surface area (Å²) in [5.74, 6) is 0. The SMILES string of the molecule is CCNC(C)(C#N)CCCCN(C)C1CCN(CC)CC1. The van der Waals surface area contributed by atoms with Crippen molar-refractivity contribution >= 4 is 0 Å². The Hall–Kier alpha value is -0.630. The lowest BCUT2D eigenvalue weighted by molar-refractivity contribution is 0.130. The van der Waals surface area contributed by atoms with Crippen molar-refractivity contribution in [1.29, 1.82) is 5.26 Å². The third-order valence-corrected chi connectivity index (χ3v) is 4.88. The van der Waals surface area contributed by atoms with Crippen molar-refractivity contribution in [3.05, 3.63) is 0 Å². The average molecular weight is 294 g/mol. The van der Waals surface area contributed by atoms with E-state index in [1.54, 1.807) is 0 Å². The number of unbranched alkanes of at least 4 members (excludes halogenated alkanes) is 1. The van der Waals surface area contributed by atoms with Crippen molar-refractivity contribution in [2.75, 3.05) is 39.8 Å². The summed E-state index contributed by atoms with van der Waals surface area (Å²) in [6, 6.07) is 3.17. The van der Waals surface area contributed by atoms with Gasteiger partial charge in [-0.1, -0.05) is 13.8 Å². The lowest BCUT2D eigenvalue weighted by Crippen LogP contribution is -2.43. The Morgan fingerprint density at radius 3 is 2.48 bits per heavy atom. The fourth-order valence-corrected chi connectivity index (χ4v) is 3.27. The lowest BCUT2D eigenvalue weighted by atomic mass is 9.96. The highest BCUT2D eigenvalue weighted by Crippen LogP contribution is 2.17. The molecule has 1 N–H and O–H groups in total. The van der Waals surface area contributed by atoms with E-state index in [0.29, 0.717) is 0 Å². The number of nitrogens with one attached hydrogen (secondary N) is 1. The molecule has 122 valence electrons. The number of nitriles is 1. The summed E-state index contributed by atoms with van der Waals surface area (Å²) in [5, 5.41) is 12.5. The van der Waals surface area contributed by atoms with Crippen LogP contribution < -0.4 is 5.32 Å². The number of piperidine rings is 1. The molecule has 4 heteroatoms. The molecule has 1 rings (SSSR count). The lowest BCUT2D eigenvalue weighted by Gasteiger charge is -2.36. The van der Waals surface area contributed by atoms with Gasteiger partial charge < -0.3 is 9.80 Å². The van der Waals surface area contributed by atoms with Crippen LogP contribution in [0, 0.1) is 11.3 Å². The third kappa shape index (κ3) is 6.34. The highest BCUT2D eigenvalue weighted by molar-refractivity contribution is 5.03. The first-order valence-electron chi connectivity index (χ1n) is 8.63. The van der Waals surface area contributed by atoms with Gasteiger partial charge in [0, 0.05) is 6.04 Å². The van der Waals surface area contributed by atoms with Crippen molar-refractivity contribution in [1.82, 2.24) is 15.1 Å². The molecular formula is C17H34N4. The second-order valence-corrected chi connectivity index (χ2v) is 6.58. The molecule has 4 nitrogen and oxygen atoms in total. The van der Waals surface area contributed by atoms with Gasteiger partial charge in [0.25, 0.3) is 0 Å². The molecule has 1 atom stereocenters. The van der Waals surface area contributed by atoms with E-state index in [0.717, 1.165) is 32.0 Å². The fourth-order valence-electron chi connectivity index (χ4n) is 3.27. The second-order valence-electron chi connectivity index (χ2n) is 6.58. The molecule has 1 unspecified atom stereocenters. The minimum atomic E-state index is -0.347. The zero-order valence-corrected chi connectivity index (χ0v) is 14.5. The predicted molar refractivity (Wildman–Crippen MR) is 89.3 cm³/mol. The van der Waals surface area contributed by atoms with Crippen LogP contribution in [-0.4, -0.2) is 61.2 Å². The van der Waals surface area contributed by atoms with Gasteiger partial charge in [-0.15, -0.1) is 0 Å². The Labute approximate surface area is 131 Å². The zero-order valence-electron chi connectivity index (χ0n) is 14.5. The van der Waals surface area contributed by atoms with Gasteiger partial charge in [0.15, 0.2) is 0 Å². The van der Waals surface area contributed by atoms with E-state index in [4.69, 9.17) is 0 Å². The van der Waals surface area contributed by atoms with Crippen LogP contribution in [0.4, 0.5) is 0 Å². The maximum atomic E-state index is 9.25. The molecule has 1 aliphatic rings. The van der Waals surface area contributed by atoms with Crippen LogP contribution in [0.2, 0.25) is 0 Å². The zero-order chi connectivity index (χ0) is 15.7. The quantitative estimate of drug-likeness (QED) is 0.663. The predicted octanol–water partition coefficient (Wildman–Crippen LogP) is 2.46. The first-order chi connectivity index (χ1) is 10.0. The number of nitrogens with zero attached hydrogens (tertiary/aromatic N) is 3. The Balaban J connectivity index is 2.19. The summed E-state index contributed by atoms with van der Waals surface area (Å²) in [6.45, 7) is 12.0. The average Bonchev–Trinajstić information content (AvgIpc) is 2.51. The first-order valence-corrected chi connectivity index (χ1v) is 8.63. The van der Waals surface area contributed by atoms with Crippen LogP contribution in [0.1, 0.15) is 52.9 Å². The van der Waals surface area contributed by atoms with Crippen LogP contribution in [0.5, 0.6) is 0 Å². The summed E-state index contributed by atoms with van der Waals surface area (Å²) in [6.07, 6.45) is 5.86. The molecule has 1 aliphatic heterocycles. The minimum absolute atomic E-state index is 0.347. The third-order valence-electron chi connectivity index (χ3n) is 4.88. The van der Waals surface area contributed by atoms with E-state index >= 15 is 0 Å². The van der Waals surface area contributed by atoms with Gasteiger partial charge in [-0.2, -0.15) is 5.26 Å². The second kappa shape index (κ2) is 9.40. The van der Waals surface area contributed by atoms with Gasteiger partial charge in [0.1, 0.15) is 5.54 Å². The van der Waals surface area contributed by atoms with Crippen LogP contribution in [-0.2, 0) is 0 Å². The van der Waals surface area contributed by atoms with Crippen LogP contribution in [0.25, 0.3) is 0 Å². The van der Waals surface area contributed by atoms with E-state index in [-0.39, 0.29) is 5.54 Å². The van der Waals surface area contributed by atoms with Crippen molar-refractivity contribution < 1.29 is 0 Å². The Morgan fingerprint density at radius 1 is 1.29 bits per heavy atom. The summed E-state index contributed by atoms with van der Waals surface area (Å²) in [4.78, 5) is 5.07. The normalized spacial score (nSPS) is 20.4. The number of hydrogen-bond acceptors (Lipinski definition) is 4. The van der Waals surface area contributed by atoms with Crippen molar-refractivity contribution in [3.63, 3.8) is 0 Å². The molecule has 0 aromatic rings. The molecule has 0 aliphatic carbocycles. The standard InChI is InChI=1S/C17H34N4/c1-5-19-17(3,15-18)11-7-8-12-20(4)16-9-13-21(6-2)14-10-16/h16,19H,5-14H2,1-4H3. The monoisotopic (exact) mass is 294 g/mol. The van der Waals surface area contributed by atoms with Crippen molar-refractivity contribution in [2.24, 2.45) is 0 Å². The first kappa shape index (κ1) is 18.4. The minimum Gasteiger partial charge on any atom is -0.303 e. The summed E-state index contributed by atoms with van der Waals surface area (Å²) in [7, 11) is 2.26. The molecule has 1 saturated heterocycles. The molecule has 0 saturated carbocycles. The maximum absolute atomic E-state index is 9.25. The van der Waals surface area contributed by atoms with E-state index in [1.165, 1.54) is 38.9 Å². The molecule has 0 aromatic carbocycles. The molecule has 1 heterocycles. The molecule has 0 aromatic heterocycles. The number of likely N-dealkylation sites (tertiary alicyclic amines) is 1. The maximum Gasteiger partial charge on any atom is 0.103 e. The molecular weight excluding hydrogens is 260 g/mol. The fraction of sp³-hybridized carbons (Fsp3) is 0.941. The Morgan fingerprint density at radius 2 is 1.95 bits per heavy atom. The molecule has 0 amide bonds. The van der Waals surface area contributed by atoms with Gasteiger partial charge in [0.05, 0.1) is 6.07 Å². The summed E-state index contributed by atoms with van der Waals surface area (Å²) >= 11 is 0. The molecule has 1 fully saturated rings. The largest absolute Gasteiger partial charge is 0.303 e. The van der Waals surface area contributed by atoms with Crippen molar-refractivity contribution in [3.8, 4) is 6.07 Å². The van der Waals surface area contributed by atoms with Gasteiger partial charge in [0.2, 0.25) is 0 Å². The number of hydrogen-bond donors (Lipinski definition) is 1. The number of rotatable bonds is 9. The van der Waals surface area contributed by atoms with Crippen LogP contribution >= 0.6 is 0 Å². The van der Waals surface area contributed by atoms with Gasteiger partial charge in [-0.3, -0.25) is 5.32 Å². The molecule has 0 spiro atoms. The van der Waals surface area contributed by atoms with Crippen LogP contribution in [0.15, 0.2) is 0 Å². The topological polar surface area (TPSA) is 42.3 Å². The Bertz CT molecular complexity index is 317. The van der Waals surface area contributed by atoms with E-state index in [9.17, 15) is 5.26 Å². The van der Waals surface area contributed by atoms with Gasteiger partial charge >= 0.3 is 0 Å². The van der Waals surface area contributed by atoms with E-state index in [1.807, 2.05) is 6.92 Å². The van der Waals surface area contributed by atoms with Gasteiger partial charge in [-0.05, 0) is 78.8 Å². The Kier molecular flexibility index (Phi) is 8.24. The molecule has 0 radical (unpaired) electrons. The highest BCUT2D eigenvalue weighted by atomic mass is 15.2. The van der Waals surface area contributed by atoms with E-state index < -0.39 is 0 Å². The smallest absolute Gasteiger partial charge is 0.103 e. The van der Waals surface area contributed by atoms with Crippen molar-refractivity contribution in [2.45, 2.75) is 64.5 Å². The van der Waals surface area contributed by atoms with E-state index in [2.05, 4.69) is 42.1 Å². The highest BCUT2D eigenvalue weighted by Gasteiger charge is 2.23. The summed E-state index contributed by atoms with van der Waals surface area (Å²) < 4.78 is 0. The summed E-state index contributed by atoms with van der Waals surface area (Å²) in [5.41, 5.74) is -0.347. The molecule has 21 heavy (non-hydrogen) atoms.